The molecule has 0 atom stereocenters. The van der Waals surface area contributed by atoms with Crippen LogP contribution in [0, 0.1) is 18.3 Å². The van der Waals surface area contributed by atoms with Gasteiger partial charge in [0.2, 0.25) is 0 Å². The molecule has 1 N–H and O–H groups in total. The zero-order chi connectivity index (χ0) is 24.3. The number of nitrogens with one attached hydrogen (secondary N) is 1. The van der Waals surface area contributed by atoms with Crippen molar-refractivity contribution in [2.75, 3.05) is 5.32 Å². The molecule has 0 aliphatic rings. The van der Waals surface area contributed by atoms with Crippen molar-refractivity contribution >= 4 is 17.7 Å². The Kier molecular flexibility index (Phi) is 6.06. The van der Waals surface area contributed by atoms with Crippen molar-refractivity contribution in [2.45, 2.75) is 13.1 Å². The molecule has 0 unspecified atom stereocenters. The fraction of sp³-hybridized carbons (Fsp3) is 0.0800. The lowest BCUT2D eigenvalue weighted by molar-refractivity contribution is -0.137. The topological polar surface area (TPSA) is 83.8 Å². The normalized spacial score (nSPS) is 11.8. The molecule has 2 aromatic heterocycles. The molecule has 0 aliphatic heterocycles. The summed E-state index contributed by atoms with van der Waals surface area (Å²) in [5.41, 5.74) is 0.272. The highest BCUT2D eigenvalue weighted by molar-refractivity contribution is 6.10. The molecule has 170 valence electrons. The Morgan fingerprint density at radius 3 is 2.53 bits per heavy atom. The summed E-state index contributed by atoms with van der Waals surface area (Å²) >= 11 is 0. The third-order valence-electron chi connectivity index (χ3n) is 4.85. The van der Waals surface area contributed by atoms with E-state index in [1.165, 1.54) is 18.2 Å². The minimum Gasteiger partial charge on any atom is -0.460 e. The van der Waals surface area contributed by atoms with E-state index in [0.717, 1.165) is 17.8 Å². The average molecular weight is 462 g/mol. The highest BCUT2D eigenvalue weighted by Crippen LogP contribution is 2.31. The van der Waals surface area contributed by atoms with Crippen molar-refractivity contribution in [3.63, 3.8) is 0 Å². The van der Waals surface area contributed by atoms with Gasteiger partial charge in [-0.1, -0.05) is 24.3 Å². The number of hydrogen-bond acceptors (Lipinski definition) is 4. The molecule has 0 fully saturated rings. The van der Waals surface area contributed by atoms with Crippen LogP contribution in [0.1, 0.15) is 16.9 Å². The van der Waals surface area contributed by atoms with E-state index >= 15 is 0 Å². The van der Waals surface area contributed by atoms with Crippen molar-refractivity contribution in [2.24, 2.45) is 0 Å². The van der Waals surface area contributed by atoms with Crippen LogP contribution < -0.4 is 5.32 Å². The van der Waals surface area contributed by atoms with Crippen LogP contribution in [0.2, 0.25) is 0 Å². The maximum atomic E-state index is 13.0. The fourth-order valence-electron chi connectivity index (χ4n) is 3.23. The van der Waals surface area contributed by atoms with Gasteiger partial charge in [-0.25, -0.2) is 4.68 Å². The number of rotatable bonds is 5. The number of hydrogen-bond donors (Lipinski definition) is 1. The first-order valence-corrected chi connectivity index (χ1v) is 10.1. The van der Waals surface area contributed by atoms with Crippen LogP contribution >= 0.6 is 0 Å². The van der Waals surface area contributed by atoms with E-state index in [4.69, 9.17) is 4.42 Å². The molecule has 1 amide bonds. The molecule has 0 radical (unpaired) electrons. The number of aryl methyl sites for hydroxylation is 1. The number of nitriles is 1. The second kappa shape index (κ2) is 9.11. The maximum Gasteiger partial charge on any atom is 0.416 e. The Bertz CT molecular complexity index is 1410. The summed E-state index contributed by atoms with van der Waals surface area (Å²) in [5.74, 6) is 0.242. The molecule has 4 rings (SSSR count). The zero-order valence-electron chi connectivity index (χ0n) is 17.8. The zero-order valence-corrected chi connectivity index (χ0v) is 17.8. The van der Waals surface area contributed by atoms with Crippen LogP contribution in [0.5, 0.6) is 0 Å². The number of alkyl halides is 3. The molecule has 2 aromatic carbocycles. The minimum atomic E-state index is -4.56. The lowest BCUT2D eigenvalue weighted by Crippen LogP contribution is -2.14. The number of anilines is 1. The van der Waals surface area contributed by atoms with Gasteiger partial charge >= 0.3 is 6.18 Å². The highest BCUT2D eigenvalue weighted by Gasteiger charge is 2.30. The third-order valence-corrected chi connectivity index (χ3v) is 4.85. The second-order valence-corrected chi connectivity index (χ2v) is 7.33. The van der Waals surface area contributed by atoms with E-state index < -0.39 is 17.6 Å². The Balaban J connectivity index is 1.70. The van der Waals surface area contributed by atoms with Crippen LogP contribution in [-0.4, -0.2) is 15.7 Å². The smallest absolute Gasteiger partial charge is 0.416 e. The molecule has 34 heavy (non-hydrogen) atoms. The summed E-state index contributed by atoms with van der Waals surface area (Å²) in [5, 5.41) is 16.5. The Morgan fingerprint density at radius 1 is 1.12 bits per heavy atom. The molecular weight excluding hydrogens is 445 g/mol. The van der Waals surface area contributed by atoms with Crippen molar-refractivity contribution in [3.05, 3.63) is 95.4 Å². The minimum absolute atomic E-state index is 0.0807. The Hall–Kier alpha value is -4.58. The van der Waals surface area contributed by atoms with Gasteiger partial charge in [-0.15, -0.1) is 0 Å². The monoisotopic (exact) mass is 462 g/mol. The molecule has 0 aliphatic carbocycles. The quantitative estimate of drug-likeness (QED) is 0.291. The Labute approximate surface area is 192 Å². The number of aromatic nitrogens is 2. The van der Waals surface area contributed by atoms with Crippen LogP contribution in [0.15, 0.2) is 82.9 Å². The fourth-order valence-corrected chi connectivity index (χ4v) is 3.23. The van der Waals surface area contributed by atoms with Gasteiger partial charge in [-0.05, 0) is 55.5 Å². The van der Waals surface area contributed by atoms with Crippen molar-refractivity contribution in [3.8, 4) is 23.2 Å². The van der Waals surface area contributed by atoms with E-state index in [1.807, 2.05) is 36.4 Å². The molecule has 0 saturated heterocycles. The number of benzene rings is 2. The molecule has 6 nitrogen and oxygen atoms in total. The highest BCUT2D eigenvalue weighted by atomic mass is 19.4. The van der Waals surface area contributed by atoms with Crippen LogP contribution in [0.4, 0.5) is 18.9 Å². The number of halogens is 3. The maximum absolute atomic E-state index is 13.0. The summed E-state index contributed by atoms with van der Waals surface area (Å²) in [7, 11) is 0. The van der Waals surface area contributed by atoms with Crippen molar-refractivity contribution in [1.29, 1.82) is 5.26 Å². The third kappa shape index (κ3) is 4.91. The number of nitrogens with zero attached hydrogens (tertiary/aromatic N) is 3. The van der Waals surface area contributed by atoms with Crippen LogP contribution in [-0.2, 0) is 11.0 Å². The number of carbonyl (C=O) groups is 1. The van der Waals surface area contributed by atoms with Gasteiger partial charge in [0.05, 0.1) is 11.3 Å². The van der Waals surface area contributed by atoms with Gasteiger partial charge in [-0.3, -0.25) is 4.79 Å². The summed E-state index contributed by atoms with van der Waals surface area (Å²) in [4.78, 5) is 12.7. The number of furan rings is 1. The largest absolute Gasteiger partial charge is 0.460 e. The molecular formula is C25H17F3N4O2. The van der Waals surface area contributed by atoms with E-state index in [1.54, 1.807) is 29.9 Å². The van der Waals surface area contributed by atoms with Crippen molar-refractivity contribution in [1.82, 2.24) is 9.78 Å². The molecule has 9 heteroatoms. The van der Waals surface area contributed by atoms with E-state index in [2.05, 4.69) is 10.4 Å². The lowest BCUT2D eigenvalue weighted by atomic mass is 10.1. The molecule has 0 spiro atoms. The molecule has 4 aromatic rings. The van der Waals surface area contributed by atoms with E-state index in [-0.39, 0.29) is 11.3 Å². The first kappa shape index (κ1) is 22.6. The predicted octanol–water partition coefficient (Wildman–Crippen LogP) is 6.01. The number of amides is 1. The van der Waals surface area contributed by atoms with Crippen LogP contribution in [0.3, 0.4) is 0 Å². The number of para-hydroxylation sites is 1. The molecule has 0 bridgehead atoms. The van der Waals surface area contributed by atoms with Gasteiger partial charge in [0.1, 0.15) is 23.1 Å². The summed E-state index contributed by atoms with van der Waals surface area (Å²) in [6.07, 6.45) is -1.60. The SMILES string of the molecule is Cc1ccc(-c2nn(-c3ccccc3)cc2C=C(C#N)C(=O)Nc2cccc(C(F)(F)F)c2)o1. The van der Waals surface area contributed by atoms with Gasteiger partial charge in [-0.2, -0.15) is 23.5 Å². The second-order valence-electron chi connectivity index (χ2n) is 7.33. The van der Waals surface area contributed by atoms with Crippen molar-refractivity contribution < 1.29 is 22.4 Å². The molecule has 2 heterocycles. The summed E-state index contributed by atoms with van der Waals surface area (Å²) in [6, 6.07) is 18.7. The van der Waals surface area contributed by atoms with E-state index in [0.29, 0.717) is 22.8 Å². The first-order chi connectivity index (χ1) is 16.2. The van der Waals surface area contributed by atoms with Gasteiger partial charge in [0.25, 0.3) is 5.91 Å². The van der Waals surface area contributed by atoms with Crippen LogP contribution in [0.25, 0.3) is 23.2 Å². The first-order valence-electron chi connectivity index (χ1n) is 10.1. The standard InChI is InChI=1S/C25H17F3N4O2/c1-16-10-11-22(34-16)23-18(15-32(31-23)21-8-3-2-4-9-21)12-17(14-29)24(33)30-20-7-5-6-19(13-20)25(26,27)28/h2-13,15H,1H3,(H,30,33). The summed E-state index contributed by atoms with van der Waals surface area (Å²) < 4.78 is 46.2. The average Bonchev–Trinajstić information content (AvgIpc) is 3.43. The predicted molar refractivity (Wildman–Crippen MR) is 120 cm³/mol. The lowest BCUT2D eigenvalue weighted by Gasteiger charge is -2.09. The Morgan fingerprint density at radius 2 is 1.88 bits per heavy atom. The van der Waals surface area contributed by atoms with Gasteiger partial charge < -0.3 is 9.73 Å². The van der Waals surface area contributed by atoms with E-state index in [9.17, 15) is 23.2 Å². The molecule has 0 saturated carbocycles. The number of carbonyl (C=O) groups excluding carboxylic acids is 1. The van der Waals surface area contributed by atoms with Gasteiger partial charge in [0, 0.05) is 17.4 Å². The van der Waals surface area contributed by atoms with Gasteiger partial charge in [0.15, 0.2) is 5.76 Å². The summed E-state index contributed by atoms with van der Waals surface area (Å²) in [6.45, 7) is 1.77.